The van der Waals surface area contributed by atoms with E-state index in [1.807, 2.05) is 12.1 Å². The summed E-state index contributed by atoms with van der Waals surface area (Å²) in [5.41, 5.74) is 3.82. The quantitative estimate of drug-likeness (QED) is 0.317. The van der Waals surface area contributed by atoms with Crippen molar-refractivity contribution in [1.29, 1.82) is 0 Å². The van der Waals surface area contributed by atoms with Crippen LogP contribution in [0.25, 0.3) is 64.9 Å². The van der Waals surface area contributed by atoms with Gasteiger partial charge in [-0.25, -0.2) is 19.3 Å². The second kappa shape index (κ2) is 7.01. The van der Waals surface area contributed by atoms with Crippen LogP contribution in [0.1, 0.15) is 17.6 Å². The van der Waals surface area contributed by atoms with Gasteiger partial charge >= 0.3 is 0 Å². The molecule has 8 bridgehead atoms. The zero-order valence-corrected chi connectivity index (χ0v) is 19.3. The molecular formula is C25H15FN8OS. The van der Waals surface area contributed by atoms with Gasteiger partial charge in [0.25, 0.3) is 0 Å². The third-order valence-electron chi connectivity index (χ3n) is 6.63. The Labute approximate surface area is 204 Å². The molecule has 36 heavy (non-hydrogen) atoms. The fourth-order valence-electron chi connectivity index (χ4n) is 4.69. The fraction of sp³-hybridized carbons (Fsp3) is 0.120. The number of nitrogens with one attached hydrogen (secondary N) is 2. The van der Waals surface area contributed by atoms with Crippen LogP contribution < -0.4 is 0 Å². The molecule has 7 heterocycles. The van der Waals surface area contributed by atoms with Gasteiger partial charge in [0.1, 0.15) is 27.4 Å². The lowest BCUT2D eigenvalue weighted by Gasteiger charge is -2.07. The highest BCUT2D eigenvalue weighted by Gasteiger charge is 2.31. The number of carbonyl (C=O) groups is 1. The molecule has 8 rings (SSSR count). The Hall–Kier alpha value is -4.51. The summed E-state index contributed by atoms with van der Waals surface area (Å²) in [6.45, 7) is 0. The Bertz CT molecular complexity index is 2060. The smallest absolute Gasteiger partial charge is 0.235 e. The summed E-state index contributed by atoms with van der Waals surface area (Å²) in [4.78, 5) is 37.0. The first-order chi connectivity index (χ1) is 17.7. The Morgan fingerprint density at radius 2 is 1.97 bits per heavy atom. The first-order valence-electron chi connectivity index (χ1n) is 11.4. The molecule has 0 atom stereocenters. The number of hydrogen-bond donors (Lipinski definition) is 2. The van der Waals surface area contributed by atoms with Crippen molar-refractivity contribution in [3.05, 3.63) is 54.9 Å². The van der Waals surface area contributed by atoms with Crippen LogP contribution in [-0.4, -0.2) is 45.6 Å². The normalized spacial score (nSPS) is 14.0. The molecule has 3 aliphatic rings. The van der Waals surface area contributed by atoms with Crippen molar-refractivity contribution in [2.75, 3.05) is 0 Å². The minimum atomic E-state index is -0.480. The number of fused-ring (bicyclic) bond motifs is 9. The van der Waals surface area contributed by atoms with E-state index in [4.69, 9.17) is 4.98 Å². The summed E-state index contributed by atoms with van der Waals surface area (Å²) >= 11 is 1.45. The zero-order chi connectivity index (χ0) is 24.0. The van der Waals surface area contributed by atoms with Crippen molar-refractivity contribution in [2.45, 2.75) is 12.8 Å². The van der Waals surface area contributed by atoms with Crippen LogP contribution in [-0.2, 0) is 0 Å². The number of aromatic nitrogens is 8. The Balaban J connectivity index is 1.63. The predicted molar refractivity (Wildman–Crippen MR) is 135 cm³/mol. The molecule has 0 aromatic carbocycles. The molecule has 2 N–H and O–H groups in total. The van der Waals surface area contributed by atoms with Gasteiger partial charge in [0.15, 0.2) is 11.3 Å². The number of nitrogens with zero attached hydrogens (tertiary/aromatic N) is 6. The molecule has 1 aliphatic carbocycles. The first-order valence-corrected chi connectivity index (χ1v) is 12.2. The number of hydrogen-bond acceptors (Lipinski definition) is 7. The molecular weight excluding hydrogens is 479 g/mol. The number of H-pyrrole nitrogens is 2. The predicted octanol–water partition coefficient (Wildman–Crippen LogP) is 5.37. The van der Waals surface area contributed by atoms with Gasteiger partial charge in [-0.2, -0.15) is 0 Å². The van der Waals surface area contributed by atoms with Gasteiger partial charge in [0, 0.05) is 35.3 Å². The van der Waals surface area contributed by atoms with Gasteiger partial charge in [-0.05, 0) is 37.1 Å². The van der Waals surface area contributed by atoms with E-state index in [9.17, 15) is 4.79 Å². The summed E-state index contributed by atoms with van der Waals surface area (Å²) in [7, 11) is 0. The molecule has 1 saturated carbocycles. The van der Waals surface area contributed by atoms with Gasteiger partial charge in [0.2, 0.25) is 5.91 Å². The van der Waals surface area contributed by atoms with Crippen LogP contribution in [0, 0.1) is 11.7 Å². The maximum atomic E-state index is 16.1. The maximum Gasteiger partial charge on any atom is 0.235 e. The monoisotopic (exact) mass is 494 g/mol. The number of halogens is 1. The molecule has 0 unspecified atom stereocenters. The molecule has 0 radical (unpaired) electrons. The standard InChI is InChI=1S/C25H15FN8OS/c26-19-14-10-29-23-18(19)22(32-33-23)24-30-15-5-6-28-21(20(15)31-24)16-3-4-17(36-16)34(25(35)11-1-2-11)13-7-12(14)8-27-9-13/h3-11,32H,1-2H2,(H,29,33). The SMILES string of the molecule is O=C(C1CC1)n1c2cncc(c2)c2cnc3[nH][nH]c(c4nc5ccnc(c6ccc1s6)c5n4)-c3c2F. The summed E-state index contributed by atoms with van der Waals surface area (Å²) in [6, 6.07) is 7.41. The van der Waals surface area contributed by atoms with E-state index >= 15 is 4.39 Å². The lowest BCUT2D eigenvalue weighted by atomic mass is 10.1. The molecule has 0 saturated heterocycles. The Kier molecular flexibility index (Phi) is 3.85. The number of aromatic amines is 2. The molecule has 0 spiro atoms. The van der Waals surface area contributed by atoms with Crippen LogP contribution in [0.5, 0.6) is 0 Å². The zero-order valence-electron chi connectivity index (χ0n) is 18.5. The van der Waals surface area contributed by atoms with Crippen LogP contribution >= 0.6 is 11.3 Å². The summed E-state index contributed by atoms with van der Waals surface area (Å²) in [5.74, 6) is -0.504. The highest BCUT2D eigenvalue weighted by molar-refractivity contribution is 7.24. The minimum absolute atomic E-state index is 0.00444. The van der Waals surface area contributed by atoms with Crippen molar-refractivity contribution < 1.29 is 9.18 Å². The molecule has 0 amide bonds. The van der Waals surface area contributed by atoms with Gasteiger partial charge in [-0.1, -0.05) is 0 Å². The summed E-state index contributed by atoms with van der Waals surface area (Å²) in [6.07, 6.45) is 8.06. The third-order valence-corrected chi connectivity index (χ3v) is 7.70. The van der Waals surface area contributed by atoms with Crippen molar-refractivity contribution in [3.8, 4) is 11.3 Å². The number of rotatable bonds is 1. The molecule has 9 nitrogen and oxygen atoms in total. The fourth-order valence-corrected chi connectivity index (χ4v) is 5.73. The topological polar surface area (TPSA) is 118 Å². The summed E-state index contributed by atoms with van der Waals surface area (Å²) < 4.78 is 18.6. The highest BCUT2D eigenvalue weighted by Crippen LogP contribution is 2.36. The number of carbonyl (C=O) groups excluding carboxylic acids is 1. The van der Waals surface area contributed by atoms with Gasteiger partial charge in [-0.3, -0.25) is 29.5 Å². The maximum absolute atomic E-state index is 16.1. The lowest BCUT2D eigenvalue weighted by molar-refractivity contribution is 0.0896. The molecule has 11 heteroatoms. The van der Waals surface area contributed by atoms with Gasteiger partial charge in [0.05, 0.1) is 27.5 Å². The number of thiophene rings is 1. The second-order valence-corrected chi connectivity index (χ2v) is 9.99. The molecule has 174 valence electrons. The van der Waals surface area contributed by atoms with Crippen LogP contribution in [0.15, 0.2) is 49.1 Å². The molecule has 5 aromatic heterocycles. The number of pyridine rings is 3. The highest BCUT2D eigenvalue weighted by atomic mass is 32.1. The minimum Gasteiger partial charge on any atom is -0.295 e. The van der Waals surface area contributed by atoms with E-state index in [0.717, 1.165) is 22.4 Å². The van der Waals surface area contributed by atoms with Crippen LogP contribution in [0.3, 0.4) is 0 Å². The Morgan fingerprint density at radius 3 is 2.86 bits per heavy atom. The van der Waals surface area contributed by atoms with Crippen LogP contribution in [0.4, 0.5) is 4.39 Å². The van der Waals surface area contributed by atoms with Crippen molar-refractivity contribution >= 4 is 70.9 Å². The lowest BCUT2D eigenvalue weighted by Crippen LogP contribution is -2.12. The van der Waals surface area contributed by atoms with Gasteiger partial charge in [-0.15, -0.1) is 11.3 Å². The van der Waals surface area contributed by atoms with E-state index in [2.05, 4.69) is 30.1 Å². The van der Waals surface area contributed by atoms with Gasteiger partial charge < -0.3 is 0 Å². The first kappa shape index (κ1) is 19.8. The molecule has 1 fully saturated rings. The van der Waals surface area contributed by atoms with E-state index < -0.39 is 5.82 Å². The second-order valence-electron chi connectivity index (χ2n) is 8.93. The van der Waals surface area contributed by atoms with E-state index in [0.29, 0.717) is 44.4 Å². The van der Waals surface area contributed by atoms with Crippen molar-refractivity contribution in [1.82, 2.24) is 39.7 Å². The largest absolute Gasteiger partial charge is 0.295 e. The Morgan fingerprint density at radius 1 is 1.06 bits per heavy atom. The van der Waals surface area contributed by atoms with Crippen LogP contribution in [0.2, 0.25) is 0 Å². The van der Waals surface area contributed by atoms with E-state index in [-0.39, 0.29) is 22.8 Å². The molecule has 5 aromatic rings. The van der Waals surface area contributed by atoms with Crippen molar-refractivity contribution in [2.24, 2.45) is 5.92 Å². The van der Waals surface area contributed by atoms with E-state index in [1.54, 1.807) is 35.3 Å². The summed E-state index contributed by atoms with van der Waals surface area (Å²) in [5, 5.41) is 6.69. The molecule has 2 aliphatic heterocycles. The van der Waals surface area contributed by atoms with Crippen molar-refractivity contribution in [3.63, 3.8) is 0 Å². The van der Waals surface area contributed by atoms with E-state index in [1.165, 1.54) is 17.5 Å². The average molecular weight is 495 g/mol. The third kappa shape index (κ3) is 2.74. The number of imidazole rings is 1. The average Bonchev–Trinajstić information content (AvgIpc) is 3.26.